The Morgan fingerprint density at radius 1 is 1.33 bits per heavy atom. The lowest BCUT2D eigenvalue weighted by Crippen LogP contribution is -2.41. The molecule has 0 radical (unpaired) electrons. The van der Waals surface area contributed by atoms with Crippen LogP contribution in [0, 0.1) is 0 Å². The highest BCUT2D eigenvalue weighted by Gasteiger charge is 2.20. The van der Waals surface area contributed by atoms with E-state index in [1.54, 1.807) is 6.92 Å². The number of H-pyrrole nitrogens is 1. The molecule has 0 fully saturated rings. The topological polar surface area (TPSA) is 71.2 Å². The molecule has 1 heterocycles. The molecule has 0 aliphatic carbocycles. The SMILES string of the molecule is CCOC(=O)[C@@H](CCc1c[nH]c2ccccc12)NC(C)=O. The molecular weight excluding hydrogens is 268 g/mol. The minimum absolute atomic E-state index is 0.230. The number of fused-ring (bicyclic) bond motifs is 1. The predicted octanol–water partition coefficient (Wildman–Crippen LogP) is 2.17. The molecule has 0 bridgehead atoms. The van der Waals surface area contributed by atoms with Crippen LogP contribution in [-0.2, 0) is 20.7 Å². The first-order valence-corrected chi connectivity index (χ1v) is 7.10. The smallest absolute Gasteiger partial charge is 0.328 e. The molecule has 1 aromatic carbocycles. The Bertz CT molecular complexity index is 633. The summed E-state index contributed by atoms with van der Waals surface area (Å²) in [7, 11) is 0. The number of hydrogen-bond donors (Lipinski definition) is 2. The van der Waals surface area contributed by atoms with E-state index in [0.717, 1.165) is 16.5 Å². The number of amides is 1. The second-order valence-corrected chi connectivity index (χ2v) is 4.90. The van der Waals surface area contributed by atoms with Crippen molar-refractivity contribution in [3.05, 3.63) is 36.0 Å². The lowest BCUT2D eigenvalue weighted by Gasteiger charge is -2.16. The van der Waals surface area contributed by atoms with Crippen molar-refractivity contribution in [3.63, 3.8) is 0 Å². The molecule has 0 saturated heterocycles. The molecule has 0 saturated carbocycles. The van der Waals surface area contributed by atoms with Gasteiger partial charge in [-0.1, -0.05) is 18.2 Å². The van der Waals surface area contributed by atoms with Crippen molar-refractivity contribution in [3.8, 4) is 0 Å². The molecule has 0 aliphatic rings. The van der Waals surface area contributed by atoms with Crippen molar-refractivity contribution in [2.45, 2.75) is 32.7 Å². The van der Waals surface area contributed by atoms with Crippen LogP contribution < -0.4 is 5.32 Å². The summed E-state index contributed by atoms with van der Waals surface area (Å²) in [5, 5.41) is 3.79. The van der Waals surface area contributed by atoms with Crippen molar-refractivity contribution >= 4 is 22.8 Å². The van der Waals surface area contributed by atoms with Gasteiger partial charge in [-0.25, -0.2) is 4.79 Å². The third-order valence-electron chi connectivity index (χ3n) is 3.33. The monoisotopic (exact) mass is 288 g/mol. The van der Waals surface area contributed by atoms with E-state index >= 15 is 0 Å². The fourth-order valence-electron chi connectivity index (χ4n) is 2.38. The molecule has 5 heteroatoms. The van der Waals surface area contributed by atoms with Crippen LogP contribution in [-0.4, -0.2) is 29.5 Å². The Morgan fingerprint density at radius 2 is 2.10 bits per heavy atom. The van der Waals surface area contributed by atoms with Gasteiger partial charge in [0, 0.05) is 24.0 Å². The number of aromatic nitrogens is 1. The summed E-state index contributed by atoms with van der Waals surface area (Å²) in [5.41, 5.74) is 2.20. The highest BCUT2D eigenvalue weighted by molar-refractivity contribution is 5.84. The molecule has 1 atom stereocenters. The molecule has 1 aromatic heterocycles. The van der Waals surface area contributed by atoms with E-state index in [9.17, 15) is 9.59 Å². The van der Waals surface area contributed by atoms with E-state index in [2.05, 4.69) is 10.3 Å². The summed E-state index contributed by atoms with van der Waals surface area (Å²) in [6.07, 6.45) is 3.15. The summed E-state index contributed by atoms with van der Waals surface area (Å²) < 4.78 is 5.00. The zero-order valence-corrected chi connectivity index (χ0v) is 12.3. The van der Waals surface area contributed by atoms with Crippen LogP contribution in [0.25, 0.3) is 10.9 Å². The summed E-state index contributed by atoms with van der Waals surface area (Å²) in [4.78, 5) is 26.3. The van der Waals surface area contributed by atoms with Crippen molar-refractivity contribution in [2.24, 2.45) is 0 Å². The first-order valence-electron chi connectivity index (χ1n) is 7.10. The number of hydrogen-bond acceptors (Lipinski definition) is 3. The summed E-state index contributed by atoms with van der Waals surface area (Å²) >= 11 is 0. The largest absolute Gasteiger partial charge is 0.464 e. The summed E-state index contributed by atoms with van der Waals surface area (Å²) in [5.74, 6) is -0.612. The standard InChI is InChI=1S/C16H20N2O3/c1-3-21-16(20)15(18-11(2)19)9-8-12-10-17-14-7-5-4-6-13(12)14/h4-7,10,15,17H,3,8-9H2,1-2H3,(H,18,19)/t15-/m1/s1. The number of esters is 1. The Kier molecular flexibility index (Phi) is 4.98. The van der Waals surface area contributed by atoms with Gasteiger partial charge in [-0.2, -0.15) is 0 Å². The average molecular weight is 288 g/mol. The lowest BCUT2D eigenvalue weighted by molar-refractivity contribution is -0.147. The third-order valence-corrected chi connectivity index (χ3v) is 3.33. The maximum atomic E-state index is 11.9. The van der Waals surface area contributed by atoms with Gasteiger partial charge >= 0.3 is 5.97 Å². The molecule has 2 N–H and O–H groups in total. The molecule has 2 rings (SSSR count). The van der Waals surface area contributed by atoms with Gasteiger partial charge in [0.1, 0.15) is 6.04 Å². The van der Waals surface area contributed by atoms with E-state index in [0.29, 0.717) is 19.4 Å². The Labute approximate surface area is 123 Å². The first-order chi connectivity index (χ1) is 10.1. The molecule has 0 unspecified atom stereocenters. The maximum absolute atomic E-state index is 11.9. The molecule has 21 heavy (non-hydrogen) atoms. The Hall–Kier alpha value is -2.30. The van der Waals surface area contributed by atoms with Crippen LogP contribution in [0.5, 0.6) is 0 Å². The van der Waals surface area contributed by atoms with Gasteiger partial charge in [0.15, 0.2) is 0 Å². The average Bonchev–Trinajstić information content (AvgIpc) is 2.86. The Morgan fingerprint density at radius 3 is 2.81 bits per heavy atom. The minimum Gasteiger partial charge on any atom is -0.464 e. The number of nitrogens with one attached hydrogen (secondary N) is 2. The second kappa shape index (κ2) is 6.92. The van der Waals surface area contributed by atoms with Crippen LogP contribution in [0.3, 0.4) is 0 Å². The number of rotatable bonds is 6. The normalized spacial score (nSPS) is 12.1. The molecular formula is C16H20N2O3. The van der Waals surface area contributed by atoms with Crippen LogP contribution in [0.4, 0.5) is 0 Å². The van der Waals surface area contributed by atoms with Gasteiger partial charge in [-0.15, -0.1) is 0 Å². The number of carbonyl (C=O) groups is 2. The number of carbonyl (C=O) groups excluding carboxylic acids is 2. The molecule has 0 spiro atoms. The number of para-hydroxylation sites is 1. The van der Waals surface area contributed by atoms with Gasteiger partial charge in [-0.05, 0) is 31.4 Å². The minimum atomic E-state index is -0.601. The van der Waals surface area contributed by atoms with Crippen LogP contribution in [0.15, 0.2) is 30.5 Å². The van der Waals surface area contributed by atoms with Crippen molar-refractivity contribution in [1.82, 2.24) is 10.3 Å². The summed E-state index contributed by atoms with van der Waals surface area (Å²) in [6.45, 7) is 3.46. The van der Waals surface area contributed by atoms with Gasteiger partial charge in [0.25, 0.3) is 0 Å². The summed E-state index contributed by atoms with van der Waals surface area (Å²) in [6, 6.07) is 7.41. The maximum Gasteiger partial charge on any atom is 0.328 e. The van der Waals surface area contributed by atoms with E-state index in [1.165, 1.54) is 6.92 Å². The fraction of sp³-hybridized carbons (Fsp3) is 0.375. The fourth-order valence-corrected chi connectivity index (χ4v) is 2.38. The quantitative estimate of drug-likeness (QED) is 0.800. The van der Waals surface area contributed by atoms with Crippen molar-refractivity contribution in [2.75, 3.05) is 6.61 Å². The Balaban J connectivity index is 2.07. The predicted molar refractivity (Wildman–Crippen MR) is 80.9 cm³/mol. The number of ether oxygens (including phenoxy) is 1. The number of aryl methyl sites for hydroxylation is 1. The van der Waals surface area contributed by atoms with Crippen molar-refractivity contribution in [1.29, 1.82) is 0 Å². The van der Waals surface area contributed by atoms with E-state index in [4.69, 9.17) is 4.74 Å². The molecule has 1 amide bonds. The van der Waals surface area contributed by atoms with Gasteiger partial charge < -0.3 is 15.0 Å². The first kappa shape index (κ1) is 15.1. The van der Waals surface area contributed by atoms with Gasteiger partial charge in [-0.3, -0.25) is 4.79 Å². The van der Waals surface area contributed by atoms with Crippen LogP contribution in [0.1, 0.15) is 25.8 Å². The highest BCUT2D eigenvalue weighted by Crippen LogP contribution is 2.19. The second-order valence-electron chi connectivity index (χ2n) is 4.90. The van der Waals surface area contributed by atoms with Gasteiger partial charge in [0.2, 0.25) is 5.91 Å². The molecule has 0 aliphatic heterocycles. The van der Waals surface area contributed by atoms with Crippen molar-refractivity contribution < 1.29 is 14.3 Å². The zero-order chi connectivity index (χ0) is 15.2. The zero-order valence-electron chi connectivity index (χ0n) is 12.3. The molecule has 2 aromatic rings. The highest BCUT2D eigenvalue weighted by atomic mass is 16.5. The molecule has 112 valence electrons. The van der Waals surface area contributed by atoms with Crippen LogP contribution >= 0.6 is 0 Å². The third kappa shape index (κ3) is 3.84. The van der Waals surface area contributed by atoms with E-state index < -0.39 is 6.04 Å². The van der Waals surface area contributed by atoms with Crippen LogP contribution in [0.2, 0.25) is 0 Å². The number of aromatic amines is 1. The van der Waals surface area contributed by atoms with Gasteiger partial charge in [0.05, 0.1) is 6.61 Å². The number of benzene rings is 1. The lowest BCUT2D eigenvalue weighted by atomic mass is 10.0. The van der Waals surface area contributed by atoms with E-state index in [1.807, 2.05) is 30.5 Å². The van der Waals surface area contributed by atoms with E-state index in [-0.39, 0.29) is 11.9 Å². The molecule has 5 nitrogen and oxygen atoms in total.